The van der Waals surface area contributed by atoms with Crippen molar-refractivity contribution in [2.24, 2.45) is 0 Å². The number of halogens is 1. The first kappa shape index (κ1) is 35.7. The van der Waals surface area contributed by atoms with Gasteiger partial charge in [-0.1, -0.05) is 28.1 Å². The highest BCUT2D eigenvalue weighted by Gasteiger charge is 2.43. The zero-order valence-corrected chi connectivity index (χ0v) is 32.3. The lowest BCUT2D eigenvalue weighted by Crippen LogP contribution is -2.52. The van der Waals surface area contributed by atoms with Crippen molar-refractivity contribution in [3.05, 3.63) is 101 Å². The van der Waals surface area contributed by atoms with Gasteiger partial charge in [-0.25, -0.2) is 0 Å². The molecule has 3 amide bonds. The number of amides is 3. The minimum absolute atomic E-state index is 0.180. The van der Waals surface area contributed by atoms with Gasteiger partial charge in [0.1, 0.15) is 42.3 Å². The summed E-state index contributed by atoms with van der Waals surface area (Å²) < 4.78 is 20.7. The Morgan fingerprint density at radius 2 is 1.51 bits per heavy atom. The Balaban J connectivity index is 0.733. The number of thiophene rings is 1. The molecule has 9 rings (SSSR count). The molecule has 2 bridgehead atoms. The quantitative estimate of drug-likeness (QED) is 0.131. The Labute approximate surface area is 330 Å². The monoisotopic (exact) mass is 822 g/mol. The fourth-order valence-corrected chi connectivity index (χ4v) is 9.69. The molecule has 2 N–H and O–H groups in total. The van der Waals surface area contributed by atoms with Crippen molar-refractivity contribution in [2.45, 2.75) is 43.9 Å². The number of phenols is 1. The summed E-state index contributed by atoms with van der Waals surface area (Å²) in [6.07, 6.45) is 1.72. The maximum Gasteiger partial charge on any atom is 0.255 e. The van der Waals surface area contributed by atoms with Crippen LogP contribution in [0.4, 0.5) is 0 Å². The van der Waals surface area contributed by atoms with Crippen LogP contribution in [0.2, 0.25) is 0 Å². The Morgan fingerprint density at radius 1 is 0.818 bits per heavy atom. The third kappa shape index (κ3) is 7.29. The number of nitrogens with zero attached hydrogens (tertiary/aromatic N) is 3. The van der Waals surface area contributed by atoms with Gasteiger partial charge in [0.15, 0.2) is 5.75 Å². The van der Waals surface area contributed by atoms with Gasteiger partial charge in [-0.2, -0.15) is 0 Å². The number of benzene rings is 4. The Morgan fingerprint density at radius 3 is 2.22 bits per heavy atom. The highest BCUT2D eigenvalue weighted by atomic mass is 79.9. The van der Waals surface area contributed by atoms with E-state index in [9.17, 15) is 19.5 Å². The van der Waals surface area contributed by atoms with E-state index in [0.717, 1.165) is 74.7 Å². The second-order valence-electron chi connectivity index (χ2n) is 14.5. The third-order valence-electron chi connectivity index (χ3n) is 11.0. The molecule has 11 nitrogen and oxygen atoms in total. The minimum Gasteiger partial charge on any atom is -0.508 e. The maximum absolute atomic E-state index is 13.0. The molecule has 13 heteroatoms. The predicted molar refractivity (Wildman–Crippen MR) is 212 cm³/mol. The Kier molecular flexibility index (Phi) is 9.71. The first-order valence-corrected chi connectivity index (χ1v) is 20.2. The molecule has 55 heavy (non-hydrogen) atoms. The standard InChI is InChI=1S/C42H39BrN4O7S/c43-27-3-1-25(2-4-27)40-39(35-11-5-30(48)21-37(35)55-40)54-32-8-6-31(7-9-32)52-17-15-45-23-29-20-28(45)24-46(29)16-18-53-33-10-12-34-26(19-33)22-47(42(34)51)36-13-14-38(49)44-41(36)50/h1-12,19,21,28-29,36,48H,13-18,20,22-24H2,(H,44,49,50)/t28-,29-,36-/m1/s1. The van der Waals surface area contributed by atoms with Crippen molar-refractivity contribution in [3.8, 4) is 39.2 Å². The van der Waals surface area contributed by atoms with Crippen LogP contribution in [0.1, 0.15) is 35.2 Å². The van der Waals surface area contributed by atoms with Crippen molar-refractivity contribution >= 4 is 55.1 Å². The number of carbonyl (C=O) groups excluding carboxylic acids is 3. The summed E-state index contributed by atoms with van der Waals surface area (Å²) >= 11 is 5.11. The zero-order valence-electron chi connectivity index (χ0n) is 29.9. The molecule has 0 spiro atoms. The average Bonchev–Trinajstić information content (AvgIpc) is 3.94. The van der Waals surface area contributed by atoms with E-state index < -0.39 is 11.9 Å². The van der Waals surface area contributed by atoms with Crippen LogP contribution in [0.3, 0.4) is 0 Å². The van der Waals surface area contributed by atoms with E-state index in [4.69, 9.17) is 14.2 Å². The van der Waals surface area contributed by atoms with Crippen molar-refractivity contribution in [1.29, 1.82) is 0 Å². The van der Waals surface area contributed by atoms with Crippen molar-refractivity contribution < 1.29 is 33.7 Å². The first-order valence-electron chi connectivity index (χ1n) is 18.6. The molecule has 0 aliphatic carbocycles. The topological polar surface area (TPSA) is 121 Å². The van der Waals surface area contributed by atoms with Gasteiger partial charge in [-0.15, -0.1) is 11.3 Å². The molecule has 0 unspecified atom stereocenters. The van der Waals surface area contributed by atoms with Gasteiger partial charge in [0.2, 0.25) is 11.8 Å². The van der Waals surface area contributed by atoms with E-state index >= 15 is 0 Å². The predicted octanol–water partition coefficient (Wildman–Crippen LogP) is 6.81. The molecule has 0 radical (unpaired) electrons. The molecule has 3 fully saturated rings. The number of fused-ring (bicyclic) bond motifs is 4. The molecule has 4 aromatic carbocycles. The van der Waals surface area contributed by atoms with Crippen LogP contribution in [0.5, 0.6) is 28.7 Å². The van der Waals surface area contributed by atoms with Crippen LogP contribution in [-0.4, -0.2) is 95.0 Å². The van der Waals surface area contributed by atoms with Crippen LogP contribution in [-0.2, 0) is 16.1 Å². The van der Waals surface area contributed by atoms with E-state index in [0.29, 0.717) is 55.3 Å². The number of carbonyl (C=O) groups is 3. The summed E-state index contributed by atoms with van der Waals surface area (Å²) in [5.74, 6) is 2.33. The number of piperidine rings is 1. The zero-order chi connectivity index (χ0) is 37.6. The van der Waals surface area contributed by atoms with Crippen LogP contribution >= 0.6 is 27.3 Å². The number of likely N-dealkylation sites (tertiary alicyclic amines) is 2. The summed E-state index contributed by atoms with van der Waals surface area (Å²) in [5.41, 5.74) is 2.47. The number of rotatable bonds is 12. The summed E-state index contributed by atoms with van der Waals surface area (Å²) in [5, 5.41) is 13.4. The number of aromatic hydroxyl groups is 1. The number of hydrogen-bond donors (Lipinski definition) is 2. The number of piperazine rings is 1. The van der Waals surface area contributed by atoms with E-state index in [1.807, 2.05) is 54.6 Å². The van der Waals surface area contributed by atoms with Gasteiger partial charge in [-0.05, 0) is 96.8 Å². The SMILES string of the molecule is O=C1CC[C@@H](N2Cc3cc(OCCN4C[C@H]5C[C@@H]4CN5CCOc4ccc(Oc5c(-c6ccc(Br)cc6)sc6cc(O)ccc56)cc4)ccc3C2=O)C(=O)N1. The van der Waals surface area contributed by atoms with Gasteiger partial charge >= 0.3 is 0 Å². The lowest BCUT2D eigenvalue weighted by Gasteiger charge is -2.34. The summed E-state index contributed by atoms with van der Waals surface area (Å²) in [6, 6.07) is 27.1. The molecule has 1 aromatic heterocycles. The lowest BCUT2D eigenvalue weighted by atomic mass is 10.0. The maximum atomic E-state index is 13.0. The molecule has 5 heterocycles. The fourth-order valence-electron chi connectivity index (χ4n) is 8.26. The molecule has 3 atom stereocenters. The second-order valence-corrected chi connectivity index (χ2v) is 16.4. The van der Waals surface area contributed by atoms with Gasteiger partial charge < -0.3 is 24.2 Å². The first-order chi connectivity index (χ1) is 26.8. The van der Waals surface area contributed by atoms with Gasteiger partial charge in [0.05, 0.1) is 4.88 Å². The number of hydrogen-bond acceptors (Lipinski definition) is 10. The molecule has 282 valence electrons. The fraction of sp³-hybridized carbons (Fsp3) is 0.310. The molecule has 5 aromatic rings. The van der Waals surface area contributed by atoms with Crippen molar-refractivity contribution in [1.82, 2.24) is 20.0 Å². The molecule has 0 saturated carbocycles. The normalized spacial score (nSPS) is 21.0. The van der Waals surface area contributed by atoms with E-state index in [1.165, 1.54) is 0 Å². The van der Waals surface area contributed by atoms with Crippen LogP contribution < -0.4 is 19.5 Å². The summed E-state index contributed by atoms with van der Waals surface area (Å²) in [4.78, 5) is 44.5. The van der Waals surface area contributed by atoms with Crippen molar-refractivity contribution in [2.75, 3.05) is 39.4 Å². The van der Waals surface area contributed by atoms with E-state index in [2.05, 4.69) is 43.2 Å². The third-order valence-corrected chi connectivity index (χ3v) is 12.7. The largest absolute Gasteiger partial charge is 0.508 e. The minimum atomic E-state index is -0.625. The van der Waals surface area contributed by atoms with Crippen molar-refractivity contribution in [3.63, 3.8) is 0 Å². The lowest BCUT2D eigenvalue weighted by molar-refractivity contribution is -0.136. The molecule has 4 aliphatic rings. The Bertz CT molecular complexity index is 2280. The highest BCUT2D eigenvalue weighted by molar-refractivity contribution is 9.10. The van der Waals surface area contributed by atoms with Gasteiger partial charge in [0, 0.05) is 71.4 Å². The highest BCUT2D eigenvalue weighted by Crippen LogP contribution is 2.47. The van der Waals surface area contributed by atoms with Crippen LogP contribution in [0, 0.1) is 0 Å². The van der Waals surface area contributed by atoms with Gasteiger partial charge in [-0.3, -0.25) is 29.5 Å². The average molecular weight is 824 g/mol. The van der Waals surface area contributed by atoms with E-state index in [1.54, 1.807) is 34.4 Å². The van der Waals surface area contributed by atoms with E-state index in [-0.39, 0.29) is 24.0 Å². The summed E-state index contributed by atoms with van der Waals surface area (Å²) in [7, 11) is 0. The van der Waals surface area contributed by atoms with Crippen LogP contribution in [0.15, 0.2) is 89.4 Å². The summed E-state index contributed by atoms with van der Waals surface area (Å²) in [6.45, 7) is 5.17. The molecule has 4 aliphatic heterocycles. The number of imide groups is 1. The molecule has 3 saturated heterocycles. The number of nitrogens with one attached hydrogen (secondary N) is 1. The van der Waals surface area contributed by atoms with Gasteiger partial charge in [0.25, 0.3) is 5.91 Å². The number of ether oxygens (including phenoxy) is 3. The van der Waals surface area contributed by atoms with Crippen LogP contribution in [0.25, 0.3) is 20.5 Å². The second kappa shape index (κ2) is 14.9. The number of phenolic OH excluding ortho intramolecular Hbond substituents is 1. The smallest absolute Gasteiger partial charge is 0.255 e. The Hall–Kier alpha value is -4.95. The molecular weight excluding hydrogens is 784 g/mol. The molecular formula is C42H39BrN4O7S.